The minimum absolute atomic E-state index is 0.238. The highest BCUT2D eigenvalue weighted by Gasteiger charge is 2.26. The summed E-state index contributed by atoms with van der Waals surface area (Å²) < 4.78 is 27.8. The first-order valence-electron chi connectivity index (χ1n) is 11.5. The van der Waals surface area contributed by atoms with Crippen LogP contribution in [0.4, 0.5) is 8.78 Å². The second-order valence-electron chi connectivity index (χ2n) is 9.30. The third-order valence-electron chi connectivity index (χ3n) is 7.41. The molecule has 1 aromatic rings. The Balaban J connectivity index is 1.40. The van der Waals surface area contributed by atoms with Crippen molar-refractivity contribution in [1.29, 1.82) is 5.26 Å². The maximum Gasteiger partial charge on any atom is 0.144 e. The van der Waals surface area contributed by atoms with E-state index in [1.807, 2.05) is 0 Å². The van der Waals surface area contributed by atoms with E-state index in [4.69, 9.17) is 5.26 Å². The molecule has 2 fully saturated rings. The lowest BCUT2D eigenvalue weighted by Gasteiger charge is -2.32. The predicted octanol–water partition coefficient (Wildman–Crippen LogP) is 7.89. The van der Waals surface area contributed by atoms with E-state index in [0.29, 0.717) is 0 Å². The van der Waals surface area contributed by atoms with Crippen molar-refractivity contribution < 1.29 is 8.78 Å². The number of hydrogen-bond acceptors (Lipinski definition) is 1. The maximum atomic E-state index is 13.9. The summed E-state index contributed by atoms with van der Waals surface area (Å²) in [6.45, 7) is 2.29. The van der Waals surface area contributed by atoms with Gasteiger partial charge in [0.15, 0.2) is 0 Å². The summed E-state index contributed by atoms with van der Waals surface area (Å²) in [6.07, 6.45) is 16.9. The van der Waals surface area contributed by atoms with Crippen molar-refractivity contribution in [3.05, 3.63) is 34.9 Å². The number of halogens is 2. The van der Waals surface area contributed by atoms with E-state index in [1.165, 1.54) is 82.8 Å². The van der Waals surface area contributed by atoms with E-state index < -0.39 is 17.2 Å². The number of benzene rings is 1. The molecule has 0 N–H and O–H groups in total. The zero-order valence-corrected chi connectivity index (χ0v) is 17.4. The molecule has 0 atom stereocenters. The second-order valence-corrected chi connectivity index (χ2v) is 9.30. The van der Waals surface area contributed by atoms with Gasteiger partial charge < -0.3 is 0 Å². The van der Waals surface area contributed by atoms with Crippen molar-refractivity contribution in [1.82, 2.24) is 0 Å². The third-order valence-corrected chi connectivity index (χ3v) is 7.41. The number of nitriles is 1. The molecule has 0 amide bonds. The molecule has 28 heavy (non-hydrogen) atoms. The van der Waals surface area contributed by atoms with Crippen LogP contribution in [0, 0.1) is 40.7 Å². The van der Waals surface area contributed by atoms with Crippen LogP contribution in [0.1, 0.15) is 107 Å². The van der Waals surface area contributed by atoms with Gasteiger partial charge in [0.2, 0.25) is 0 Å². The van der Waals surface area contributed by atoms with Crippen LogP contribution in [0.2, 0.25) is 0 Å². The fourth-order valence-electron chi connectivity index (χ4n) is 5.49. The van der Waals surface area contributed by atoms with Gasteiger partial charge in [0.1, 0.15) is 23.3 Å². The second kappa shape index (κ2) is 10.4. The van der Waals surface area contributed by atoms with E-state index >= 15 is 0 Å². The summed E-state index contributed by atoms with van der Waals surface area (Å²) in [4.78, 5) is 0. The molecule has 3 heteroatoms. The predicted molar refractivity (Wildman–Crippen MR) is 110 cm³/mol. The first-order chi connectivity index (χ1) is 13.6. The summed E-state index contributed by atoms with van der Waals surface area (Å²) in [5.74, 6) is 1.50. The number of unbranched alkanes of at least 4 members (excludes halogenated alkanes) is 1. The monoisotopic (exact) mass is 387 g/mol. The molecule has 0 aromatic heterocycles. The van der Waals surface area contributed by atoms with Crippen LogP contribution in [0.25, 0.3) is 0 Å². The van der Waals surface area contributed by atoms with Crippen molar-refractivity contribution in [3.8, 4) is 6.07 Å². The Hall–Kier alpha value is -1.43. The molecule has 3 rings (SSSR count). The van der Waals surface area contributed by atoms with Crippen LogP contribution >= 0.6 is 0 Å². The van der Waals surface area contributed by atoms with Crippen LogP contribution < -0.4 is 0 Å². The lowest BCUT2D eigenvalue weighted by molar-refractivity contribution is 0.222. The summed E-state index contributed by atoms with van der Waals surface area (Å²) in [5.41, 5.74) is 0.278. The Morgan fingerprint density at radius 1 is 0.821 bits per heavy atom. The van der Waals surface area contributed by atoms with Crippen molar-refractivity contribution in [2.24, 2.45) is 17.8 Å². The highest BCUT2D eigenvalue weighted by molar-refractivity contribution is 5.36. The van der Waals surface area contributed by atoms with Gasteiger partial charge in [-0.05, 0) is 67.1 Å². The molecular formula is C25H35F2N. The molecule has 2 aliphatic rings. The molecule has 0 aliphatic heterocycles. The Morgan fingerprint density at radius 2 is 1.29 bits per heavy atom. The van der Waals surface area contributed by atoms with E-state index in [2.05, 4.69) is 6.92 Å². The highest BCUT2D eigenvalue weighted by atomic mass is 19.1. The van der Waals surface area contributed by atoms with Crippen LogP contribution in [0.5, 0.6) is 0 Å². The smallest absolute Gasteiger partial charge is 0.144 e. The molecule has 0 saturated heterocycles. The molecule has 154 valence electrons. The molecule has 0 radical (unpaired) electrons. The lowest BCUT2D eigenvalue weighted by atomic mass is 9.74. The van der Waals surface area contributed by atoms with Crippen molar-refractivity contribution >= 4 is 0 Å². The van der Waals surface area contributed by atoms with E-state index in [-0.39, 0.29) is 5.92 Å². The molecule has 0 heterocycles. The number of nitrogens with zero attached hydrogens (tertiary/aromatic N) is 1. The van der Waals surface area contributed by atoms with Gasteiger partial charge >= 0.3 is 0 Å². The van der Waals surface area contributed by atoms with Crippen LogP contribution in [-0.2, 0) is 0 Å². The zero-order chi connectivity index (χ0) is 19.9. The van der Waals surface area contributed by atoms with Gasteiger partial charge in [0, 0.05) is 0 Å². The zero-order valence-electron chi connectivity index (χ0n) is 17.4. The van der Waals surface area contributed by atoms with E-state index in [0.717, 1.165) is 36.2 Å². The Labute approximate surface area is 169 Å². The van der Waals surface area contributed by atoms with E-state index in [1.54, 1.807) is 6.07 Å². The van der Waals surface area contributed by atoms with Crippen LogP contribution in [-0.4, -0.2) is 0 Å². The molecule has 0 bridgehead atoms. The summed E-state index contributed by atoms with van der Waals surface area (Å²) in [7, 11) is 0. The molecule has 1 aromatic carbocycles. The lowest BCUT2D eigenvalue weighted by Crippen LogP contribution is -2.18. The first-order valence-corrected chi connectivity index (χ1v) is 11.5. The molecule has 2 saturated carbocycles. The van der Waals surface area contributed by atoms with Gasteiger partial charge in [0.05, 0.1) is 0 Å². The minimum atomic E-state index is -0.714. The van der Waals surface area contributed by atoms with Crippen LogP contribution in [0.3, 0.4) is 0 Å². The minimum Gasteiger partial charge on any atom is -0.205 e. The molecule has 2 aliphatic carbocycles. The quantitative estimate of drug-likeness (QED) is 0.466. The van der Waals surface area contributed by atoms with Crippen molar-refractivity contribution in [2.45, 2.75) is 96.3 Å². The topological polar surface area (TPSA) is 23.8 Å². The van der Waals surface area contributed by atoms with Gasteiger partial charge in [-0.1, -0.05) is 64.7 Å². The van der Waals surface area contributed by atoms with Crippen molar-refractivity contribution in [2.75, 3.05) is 0 Å². The van der Waals surface area contributed by atoms with Gasteiger partial charge in [0.25, 0.3) is 0 Å². The fourth-order valence-corrected chi connectivity index (χ4v) is 5.49. The van der Waals surface area contributed by atoms with Gasteiger partial charge in [-0.15, -0.1) is 0 Å². The number of hydrogen-bond donors (Lipinski definition) is 0. The highest BCUT2D eigenvalue weighted by Crippen LogP contribution is 2.40. The Morgan fingerprint density at radius 3 is 1.75 bits per heavy atom. The van der Waals surface area contributed by atoms with Gasteiger partial charge in [-0.25, -0.2) is 8.78 Å². The molecule has 1 nitrogen and oxygen atoms in total. The van der Waals surface area contributed by atoms with Gasteiger partial charge in [-0.3, -0.25) is 0 Å². The number of rotatable bonds is 7. The first kappa shape index (κ1) is 21.3. The normalized spacial score (nSPS) is 28.1. The van der Waals surface area contributed by atoms with E-state index in [9.17, 15) is 8.78 Å². The summed E-state index contributed by atoms with van der Waals surface area (Å²) in [5, 5.41) is 8.82. The average molecular weight is 388 g/mol. The van der Waals surface area contributed by atoms with Crippen molar-refractivity contribution in [3.63, 3.8) is 0 Å². The SMILES string of the molecule is CCCCC1CCC(CCC2CCC(c3cc(F)c(C#N)c(F)c3)CC2)CC1. The molecule has 0 spiro atoms. The Kier molecular flexibility index (Phi) is 7.89. The Bertz CT molecular complexity index is 639. The van der Waals surface area contributed by atoms with Crippen LogP contribution in [0.15, 0.2) is 12.1 Å². The van der Waals surface area contributed by atoms with Gasteiger partial charge in [-0.2, -0.15) is 5.26 Å². The summed E-state index contributed by atoms with van der Waals surface area (Å²) in [6, 6.07) is 4.37. The molecule has 0 unspecified atom stereocenters. The standard InChI is InChI=1S/C25H35F2N/c1-2-3-4-18-5-7-19(8-6-18)9-10-20-11-13-21(14-12-20)22-15-24(26)23(17-28)25(27)16-22/h15-16,18-21H,2-14H2,1H3. The third kappa shape index (κ3) is 5.56. The largest absolute Gasteiger partial charge is 0.205 e. The molecular weight excluding hydrogens is 352 g/mol. The average Bonchev–Trinajstić information content (AvgIpc) is 2.71. The maximum absolute atomic E-state index is 13.9. The summed E-state index contributed by atoms with van der Waals surface area (Å²) >= 11 is 0. The fraction of sp³-hybridized carbons (Fsp3) is 0.720.